The predicted molar refractivity (Wildman–Crippen MR) is 102 cm³/mol. The minimum Gasteiger partial charge on any atom is -0.322 e. The number of benzene rings is 2. The molecule has 2 aromatic carbocycles. The Kier molecular flexibility index (Phi) is 5.12. The first-order valence-electron chi connectivity index (χ1n) is 8.25. The highest BCUT2D eigenvalue weighted by atomic mass is 16.6. The summed E-state index contributed by atoms with van der Waals surface area (Å²) in [6.45, 7) is 2.10. The van der Waals surface area contributed by atoms with E-state index in [9.17, 15) is 19.7 Å². The van der Waals surface area contributed by atoms with Crippen LogP contribution in [-0.2, 0) is 6.54 Å². The van der Waals surface area contributed by atoms with E-state index < -0.39 is 4.92 Å². The zero-order chi connectivity index (χ0) is 19.4. The van der Waals surface area contributed by atoms with E-state index in [0.29, 0.717) is 11.3 Å². The summed E-state index contributed by atoms with van der Waals surface area (Å²) in [5, 5.41) is 13.6. The zero-order valence-electron chi connectivity index (χ0n) is 14.6. The largest absolute Gasteiger partial charge is 0.322 e. The van der Waals surface area contributed by atoms with Gasteiger partial charge in [-0.05, 0) is 30.2 Å². The Labute approximate surface area is 155 Å². The van der Waals surface area contributed by atoms with Crippen molar-refractivity contribution in [2.45, 2.75) is 13.5 Å². The van der Waals surface area contributed by atoms with E-state index in [2.05, 4.69) is 5.32 Å². The van der Waals surface area contributed by atoms with E-state index in [4.69, 9.17) is 0 Å². The van der Waals surface area contributed by atoms with Gasteiger partial charge in [-0.1, -0.05) is 30.3 Å². The molecule has 136 valence electrons. The number of amides is 1. The van der Waals surface area contributed by atoms with Gasteiger partial charge in [0.1, 0.15) is 0 Å². The molecule has 0 spiro atoms. The number of para-hydroxylation sites is 1. The number of nitrogens with one attached hydrogen (secondary N) is 1. The smallest absolute Gasteiger partial charge is 0.269 e. The Morgan fingerprint density at radius 2 is 1.78 bits per heavy atom. The monoisotopic (exact) mass is 363 g/mol. The topological polar surface area (TPSA) is 94.2 Å². The van der Waals surface area contributed by atoms with E-state index in [1.807, 2.05) is 25.1 Å². The molecule has 0 saturated heterocycles. The Balaban J connectivity index is 1.81. The second-order valence-corrected chi connectivity index (χ2v) is 6.08. The van der Waals surface area contributed by atoms with Crippen LogP contribution in [0.4, 0.5) is 11.4 Å². The number of nitro benzene ring substituents is 1. The van der Waals surface area contributed by atoms with Gasteiger partial charge in [0.2, 0.25) is 0 Å². The van der Waals surface area contributed by atoms with Gasteiger partial charge < -0.3 is 9.88 Å². The standard InChI is InChI=1S/C20H17N3O4/c1-14-4-2-3-5-18(14)21-20(25)16-8-11-19(24)22(13-16)12-15-6-9-17(10-7-15)23(26)27/h2-11,13H,12H2,1H3,(H,21,25). The summed E-state index contributed by atoms with van der Waals surface area (Å²) in [6, 6.07) is 16.2. The fourth-order valence-corrected chi connectivity index (χ4v) is 2.62. The van der Waals surface area contributed by atoms with Crippen molar-refractivity contribution in [2.24, 2.45) is 0 Å². The summed E-state index contributed by atoms with van der Waals surface area (Å²) in [7, 11) is 0. The van der Waals surface area contributed by atoms with Crippen LogP contribution in [0.1, 0.15) is 21.5 Å². The van der Waals surface area contributed by atoms with Crippen molar-refractivity contribution in [1.29, 1.82) is 0 Å². The molecule has 0 aliphatic rings. The molecule has 0 aliphatic heterocycles. The molecule has 1 N–H and O–H groups in total. The summed E-state index contributed by atoms with van der Waals surface area (Å²) in [6.07, 6.45) is 1.48. The minimum atomic E-state index is -0.480. The maximum atomic E-state index is 12.5. The van der Waals surface area contributed by atoms with Crippen LogP contribution in [0.15, 0.2) is 71.7 Å². The predicted octanol–water partition coefficient (Wildman–Crippen LogP) is 3.37. The third-order valence-corrected chi connectivity index (χ3v) is 4.14. The van der Waals surface area contributed by atoms with Crippen molar-refractivity contribution in [3.8, 4) is 0 Å². The number of non-ortho nitro benzene ring substituents is 1. The summed E-state index contributed by atoms with van der Waals surface area (Å²) >= 11 is 0. The fraction of sp³-hybridized carbons (Fsp3) is 0.100. The number of nitrogens with zero attached hydrogens (tertiary/aromatic N) is 2. The fourth-order valence-electron chi connectivity index (χ4n) is 2.62. The highest BCUT2D eigenvalue weighted by Gasteiger charge is 2.10. The molecule has 0 atom stereocenters. The van der Waals surface area contributed by atoms with Crippen LogP contribution in [-0.4, -0.2) is 15.4 Å². The maximum Gasteiger partial charge on any atom is 0.269 e. The lowest BCUT2D eigenvalue weighted by Crippen LogP contribution is -2.22. The van der Waals surface area contributed by atoms with Gasteiger partial charge in [0, 0.05) is 30.1 Å². The van der Waals surface area contributed by atoms with E-state index >= 15 is 0 Å². The number of rotatable bonds is 5. The molecule has 27 heavy (non-hydrogen) atoms. The van der Waals surface area contributed by atoms with E-state index in [1.165, 1.54) is 35.0 Å². The summed E-state index contributed by atoms with van der Waals surface area (Å²) < 4.78 is 1.40. The van der Waals surface area contributed by atoms with Crippen LogP contribution < -0.4 is 10.9 Å². The molecular weight excluding hydrogens is 346 g/mol. The first-order chi connectivity index (χ1) is 12.9. The number of anilines is 1. The molecule has 1 heterocycles. The van der Waals surface area contributed by atoms with Gasteiger partial charge in [0.25, 0.3) is 17.2 Å². The van der Waals surface area contributed by atoms with Crippen molar-refractivity contribution >= 4 is 17.3 Å². The Bertz CT molecular complexity index is 1060. The van der Waals surface area contributed by atoms with Gasteiger partial charge in [-0.2, -0.15) is 0 Å². The van der Waals surface area contributed by atoms with Gasteiger partial charge in [-0.25, -0.2) is 0 Å². The molecule has 0 bridgehead atoms. The highest BCUT2D eigenvalue weighted by Crippen LogP contribution is 2.15. The van der Waals surface area contributed by atoms with Gasteiger partial charge in [-0.3, -0.25) is 19.7 Å². The summed E-state index contributed by atoms with van der Waals surface area (Å²) in [5.41, 5.74) is 2.43. The van der Waals surface area contributed by atoms with Crippen molar-refractivity contribution in [3.63, 3.8) is 0 Å². The van der Waals surface area contributed by atoms with Crippen LogP contribution >= 0.6 is 0 Å². The molecule has 1 amide bonds. The van der Waals surface area contributed by atoms with Gasteiger partial charge in [-0.15, -0.1) is 0 Å². The van der Waals surface area contributed by atoms with Crippen LogP contribution in [0.2, 0.25) is 0 Å². The van der Waals surface area contributed by atoms with E-state index in [1.54, 1.807) is 18.2 Å². The molecule has 7 heteroatoms. The quantitative estimate of drug-likeness (QED) is 0.555. The minimum absolute atomic E-state index is 0.0162. The number of nitro groups is 1. The van der Waals surface area contributed by atoms with Crippen LogP contribution in [0.5, 0.6) is 0 Å². The van der Waals surface area contributed by atoms with Gasteiger partial charge in [0.05, 0.1) is 17.0 Å². The lowest BCUT2D eigenvalue weighted by atomic mass is 10.1. The van der Waals surface area contributed by atoms with Crippen molar-refractivity contribution < 1.29 is 9.72 Å². The third-order valence-electron chi connectivity index (χ3n) is 4.14. The molecule has 3 rings (SSSR count). The van der Waals surface area contributed by atoms with Gasteiger partial charge >= 0.3 is 0 Å². The van der Waals surface area contributed by atoms with Crippen molar-refractivity contribution in [1.82, 2.24) is 4.57 Å². The highest BCUT2D eigenvalue weighted by molar-refractivity contribution is 6.04. The molecule has 7 nitrogen and oxygen atoms in total. The molecule has 0 unspecified atom stereocenters. The van der Waals surface area contributed by atoms with Crippen molar-refractivity contribution in [2.75, 3.05) is 5.32 Å². The number of hydrogen-bond acceptors (Lipinski definition) is 4. The van der Waals surface area contributed by atoms with E-state index in [0.717, 1.165) is 11.1 Å². The SMILES string of the molecule is Cc1ccccc1NC(=O)c1ccc(=O)n(Cc2ccc([N+](=O)[O-])cc2)c1. The number of carbonyl (C=O) groups excluding carboxylic acids is 1. The molecule has 3 aromatic rings. The second kappa shape index (κ2) is 7.65. The maximum absolute atomic E-state index is 12.5. The summed E-state index contributed by atoms with van der Waals surface area (Å²) in [4.78, 5) is 34.9. The lowest BCUT2D eigenvalue weighted by Gasteiger charge is -2.10. The number of pyridine rings is 1. The molecule has 0 aliphatic carbocycles. The Hall–Kier alpha value is -3.74. The summed E-state index contributed by atoms with van der Waals surface area (Å²) in [5.74, 6) is -0.318. The number of aromatic nitrogens is 1. The third kappa shape index (κ3) is 4.27. The number of hydrogen-bond donors (Lipinski definition) is 1. The first kappa shape index (κ1) is 18.1. The Morgan fingerprint density at radius 1 is 1.07 bits per heavy atom. The first-order valence-corrected chi connectivity index (χ1v) is 8.25. The van der Waals surface area contributed by atoms with Crippen molar-refractivity contribution in [3.05, 3.63) is 104 Å². The van der Waals surface area contributed by atoms with Crippen LogP contribution in [0, 0.1) is 17.0 Å². The number of aryl methyl sites for hydroxylation is 1. The lowest BCUT2D eigenvalue weighted by molar-refractivity contribution is -0.384. The molecule has 0 radical (unpaired) electrons. The second-order valence-electron chi connectivity index (χ2n) is 6.08. The molecule has 0 saturated carbocycles. The van der Waals surface area contributed by atoms with Gasteiger partial charge in [0.15, 0.2) is 0 Å². The van der Waals surface area contributed by atoms with Crippen LogP contribution in [0.3, 0.4) is 0 Å². The normalized spacial score (nSPS) is 10.4. The zero-order valence-corrected chi connectivity index (χ0v) is 14.6. The molecule has 0 fully saturated rings. The average molecular weight is 363 g/mol. The molecular formula is C20H17N3O4. The molecule has 1 aromatic heterocycles. The van der Waals surface area contributed by atoms with Crippen LogP contribution in [0.25, 0.3) is 0 Å². The Morgan fingerprint density at radius 3 is 2.44 bits per heavy atom. The van der Waals surface area contributed by atoms with E-state index in [-0.39, 0.29) is 23.7 Å². The number of carbonyl (C=O) groups is 1. The average Bonchev–Trinajstić information content (AvgIpc) is 2.65.